The van der Waals surface area contributed by atoms with Crippen LogP contribution in [0, 0.1) is 0 Å². The summed E-state index contributed by atoms with van der Waals surface area (Å²) in [5.41, 5.74) is 1.29. The number of quaternary nitrogens is 1. The number of hydrogen-bond acceptors (Lipinski definition) is 2. The van der Waals surface area contributed by atoms with Gasteiger partial charge in [0, 0.05) is 12.6 Å². The predicted molar refractivity (Wildman–Crippen MR) is 58.4 cm³/mol. The van der Waals surface area contributed by atoms with Crippen LogP contribution < -0.4 is 10.2 Å². The number of hydrogen-bond donors (Lipinski definition) is 2. The van der Waals surface area contributed by atoms with Gasteiger partial charge in [-0.25, -0.2) is 0 Å². The summed E-state index contributed by atoms with van der Waals surface area (Å²) in [6, 6.07) is 2.10. The van der Waals surface area contributed by atoms with Crippen molar-refractivity contribution in [2.75, 3.05) is 14.1 Å². The van der Waals surface area contributed by atoms with Gasteiger partial charge in [0.25, 0.3) is 5.91 Å². The Hall–Kier alpha value is -0.870. The Bertz CT molecular complexity index is 284. The lowest BCUT2D eigenvalue weighted by atomic mass is 10.2. The maximum Gasteiger partial charge on any atom is 0.277 e. The topological polar surface area (TPSA) is 33.5 Å². The van der Waals surface area contributed by atoms with E-state index in [0.29, 0.717) is 0 Å². The van der Waals surface area contributed by atoms with Gasteiger partial charge in [-0.15, -0.1) is 0 Å². The molecule has 0 bridgehead atoms. The molecule has 0 aliphatic heterocycles. The van der Waals surface area contributed by atoms with E-state index >= 15 is 0 Å². The third-order valence-corrected chi connectivity index (χ3v) is 3.17. The quantitative estimate of drug-likeness (QED) is 0.719. The summed E-state index contributed by atoms with van der Waals surface area (Å²) in [5.74, 6) is 0.0951. The minimum atomic E-state index is -0.0000926. The average molecular weight is 213 g/mol. The van der Waals surface area contributed by atoms with Crippen molar-refractivity contribution in [2.45, 2.75) is 19.5 Å². The van der Waals surface area contributed by atoms with Crippen molar-refractivity contribution < 1.29 is 9.69 Å². The first-order valence-electron chi connectivity index (χ1n) is 4.70. The van der Waals surface area contributed by atoms with Gasteiger partial charge in [-0.05, 0) is 23.8 Å². The van der Waals surface area contributed by atoms with Gasteiger partial charge >= 0.3 is 0 Å². The Balaban J connectivity index is 2.49. The number of thiophene rings is 1. The summed E-state index contributed by atoms with van der Waals surface area (Å²) >= 11 is 1.69. The van der Waals surface area contributed by atoms with E-state index in [0.717, 1.165) is 6.54 Å². The Morgan fingerprint density at radius 3 is 2.93 bits per heavy atom. The summed E-state index contributed by atoms with van der Waals surface area (Å²) in [6.07, 6.45) is 0. The first-order valence-corrected chi connectivity index (χ1v) is 5.64. The maximum atomic E-state index is 11.4. The van der Waals surface area contributed by atoms with Crippen molar-refractivity contribution in [1.82, 2.24) is 5.32 Å². The fourth-order valence-electron chi connectivity index (χ4n) is 1.31. The molecule has 2 atom stereocenters. The molecule has 4 heteroatoms. The molecule has 2 N–H and O–H groups in total. The summed E-state index contributed by atoms with van der Waals surface area (Å²) < 4.78 is 0. The van der Waals surface area contributed by atoms with E-state index in [-0.39, 0.29) is 11.9 Å². The Morgan fingerprint density at radius 1 is 1.71 bits per heavy atom. The van der Waals surface area contributed by atoms with Crippen LogP contribution in [0.4, 0.5) is 0 Å². The number of amides is 1. The number of rotatable bonds is 4. The van der Waals surface area contributed by atoms with E-state index in [2.05, 4.69) is 22.1 Å². The van der Waals surface area contributed by atoms with Crippen LogP contribution in [0.15, 0.2) is 16.8 Å². The summed E-state index contributed by atoms with van der Waals surface area (Å²) in [7, 11) is 3.72. The third kappa shape index (κ3) is 2.82. The van der Waals surface area contributed by atoms with Crippen molar-refractivity contribution >= 4 is 17.2 Å². The molecule has 0 aliphatic rings. The lowest BCUT2D eigenvalue weighted by molar-refractivity contribution is -0.908. The first-order chi connectivity index (χ1) is 6.65. The molecule has 1 amide bonds. The van der Waals surface area contributed by atoms with Gasteiger partial charge in [-0.3, -0.25) is 4.79 Å². The van der Waals surface area contributed by atoms with Crippen LogP contribution in [0.5, 0.6) is 0 Å². The molecule has 1 aromatic rings. The van der Waals surface area contributed by atoms with Crippen LogP contribution in [0.3, 0.4) is 0 Å². The van der Waals surface area contributed by atoms with Gasteiger partial charge < -0.3 is 10.2 Å². The molecule has 78 valence electrons. The minimum Gasteiger partial charge on any atom is -0.354 e. The van der Waals surface area contributed by atoms with Crippen molar-refractivity contribution in [3.63, 3.8) is 0 Å². The average Bonchev–Trinajstić information content (AvgIpc) is 2.68. The second-order valence-corrected chi connectivity index (χ2v) is 4.27. The van der Waals surface area contributed by atoms with Crippen molar-refractivity contribution in [2.24, 2.45) is 0 Å². The van der Waals surface area contributed by atoms with Gasteiger partial charge in [-0.1, -0.05) is 0 Å². The minimum absolute atomic E-state index is 0.0000926. The fourth-order valence-corrected chi connectivity index (χ4v) is 1.98. The highest BCUT2D eigenvalue weighted by Gasteiger charge is 2.20. The van der Waals surface area contributed by atoms with Crippen LogP contribution in [0.1, 0.15) is 12.5 Å². The van der Waals surface area contributed by atoms with Crippen LogP contribution in [-0.2, 0) is 11.3 Å². The van der Waals surface area contributed by atoms with Crippen molar-refractivity contribution in [3.05, 3.63) is 22.4 Å². The third-order valence-electron chi connectivity index (χ3n) is 2.44. The van der Waals surface area contributed by atoms with Crippen LogP contribution in [0.25, 0.3) is 0 Å². The highest BCUT2D eigenvalue weighted by Crippen LogP contribution is 2.03. The number of carbonyl (C=O) groups excluding carboxylic acids is 1. The summed E-state index contributed by atoms with van der Waals surface area (Å²) in [6.45, 7) is 2.85. The highest BCUT2D eigenvalue weighted by molar-refractivity contribution is 7.07. The second kappa shape index (κ2) is 5.12. The molecule has 0 aliphatic carbocycles. The molecule has 0 saturated heterocycles. The van der Waals surface area contributed by atoms with E-state index in [1.807, 2.05) is 14.0 Å². The summed E-state index contributed by atoms with van der Waals surface area (Å²) in [4.78, 5) is 12.6. The smallest absolute Gasteiger partial charge is 0.277 e. The highest BCUT2D eigenvalue weighted by atomic mass is 32.1. The molecule has 0 radical (unpaired) electrons. The lowest BCUT2D eigenvalue weighted by Crippen LogP contribution is -3.12. The molecular weight excluding hydrogens is 196 g/mol. The van der Waals surface area contributed by atoms with Gasteiger partial charge in [0.15, 0.2) is 6.04 Å². The summed E-state index contributed by atoms with van der Waals surface area (Å²) in [5, 5.41) is 6.86. The molecule has 1 aromatic heterocycles. The molecular formula is C10H17N2OS+. The van der Waals surface area contributed by atoms with Crippen LogP contribution in [0.2, 0.25) is 0 Å². The van der Waals surface area contributed by atoms with E-state index in [1.54, 1.807) is 18.4 Å². The van der Waals surface area contributed by atoms with Crippen LogP contribution in [-0.4, -0.2) is 26.0 Å². The zero-order chi connectivity index (χ0) is 10.6. The maximum absolute atomic E-state index is 11.4. The normalized spacial score (nSPS) is 14.8. The molecule has 0 spiro atoms. The SMILES string of the molecule is CNC(=O)[C@H](C)[NH+](C)Cc1ccsc1. The Kier molecular flexibility index (Phi) is 4.10. The monoisotopic (exact) mass is 213 g/mol. The molecule has 14 heavy (non-hydrogen) atoms. The second-order valence-electron chi connectivity index (χ2n) is 3.49. The molecule has 0 saturated carbocycles. The van der Waals surface area contributed by atoms with E-state index < -0.39 is 0 Å². The van der Waals surface area contributed by atoms with Crippen LogP contribution >= 0.6 is 11.3 Å². The largest absolute Gasteiger partial charge is 0.354 e. The lowest BCUT2D eigenvalue weighted by Gasteiger charge is -2.19. The molecule has 3 nitrogen and oxygen atoms in total. The van der Waals surface area contributed by atoms with Crippen molar-refractivity contribution in [3.8, 4) is 0 Å². The number of nitrogens with one attached hydrogen (secondary N) is 2. The van der Waals surface area contributed by atoms with Gasteiger partial charge in [0.2, 0.25) is 0 Å². The molecule has 1 heterocycles. The van der Waals surface area contributed by atoms with Gasteiger partial charge in [0.1, 0.15) is 6.54 Å². The van der Waals surface area contributed by atoms with Gasteiger partial charge in [0.05, 0.1) is 7.05 Å². The van der Waals surface area contributed by atoms with E-state index in [1.165, 1.54) is 10.5 Å². The number of carbonyl (C=O) groups is 1. The number of likely N-dealkylation sites (N-methyl/N-ethyl adjacent to an activating group) is 2. The fraction of sp³-hybridized carbons (Fsp3) is 0.500. The molecule has 1 rings (SSSR count). The first kappa shape index (κ1) is 11.2. The molecule has 1 unspecified atom stereocenters. The Labute approximate surface area is 88.7 Å². The predicted octanol–water partition coefficient (Wildman–Crippen LogP) is -0.103. The van der Waals surface area contributed by atoms with E-state index in [4.69, 9.17) is 0 Å². The standard InChI is InChI=1S/C10H16N2OS/c1-8(10(13)11-2)12(3)6-9-4-5-14-7-9/h4-5,7-8H,6H2,1-3H3,(H,11,13)/p+1/t8-/m0/s1. The van der Waals surface area contributed by atoms with E-state index in [9.17, 15) is 4.79 Å². The Morgan fingerprint density at radius 2 is 2.43 bits per heavy atom. The van der Waals surface area contributed by atoms with Gasteiger partial charge in [-0.2, -0.15) is 11.3 Å². The van der Waals surface area contributed by atoms with Crippen molar-refractivity contribution in [1.29, 1.82) is 0 Å². The molecule has 0 fully saturated rings. The zero-order valence-corrected chi connectivity index (χ0v) is 9.65. The molecule has 0 aromatic carbocycles. The zero-order valence-electron chi connectivity index (χ0n) is 8.83.